The fourth-order valence-corrected chi connectivity index (χ4v) is 7.12. The number of carbonyl (C=O) groups excluding carboxylic acids is 2. The Hall–Kier alpha value is -2.44. The second kappa shape index (κ2) is 48.2. The van der Waals surface area contributed by atoms with E-state index in [-0.39, 0.29) is 18.5 Å². The molecular formula is C53H95NO5. The second-order valence-electron chi connectivity index (χ2n) is 16.8. The number of rotatable bonds is 45. The first-order valence-corrected chi connectivity index (χ1v) is 25.1. The van der Waals surface area contributed by atoms with Gasteiger partial charge in [-0.05, 0) is 83.5 Å². The predicted octanol–water partition coefficient (Wildman–Crippen LogP) is 14.8. The molecule has 3 N–H and O–H groups in total. The Balaban J connectivity index is 3.57. The third-order valence-electron chi connectivity index (χ3n) is 11.0. The third kappa shape index (κ3) is 44.9. The molecule has 0 radical (unpaired) electrons. The predicted molar refractivity (Wildman–Crippen MR) is 255 cm³/mol. The zero-order valence-corrected chi connectivity index (χ0v) is 38.7. The topological polar surface area (TPSA) is 95.9 Å². The van der Waals surface area contributed by atoms with E-state index < -0.39 is 12.1 Å². The number of carbonyl (C=O) groups is 2. The van der Waals surface area contributed by atoms with Crippen molar-refractivity contribution in [1.82, 2.24) is 5.32 Å². The van der Waals surface area contributed by atoms with Crippen LogP contribution in [-0.2, 0) is 14.3 Å². The Morgan fingerprint density at radius 2 is 0.864 bits per heavy atom. The third-order valence-corrected chi connectivity index (χ3v) is 11.0. The van der Waals surface area contributed by atoms with Crippen LogP contribution in [-0.4, -0.2) is 47.4 Å². The Labute approximate surface area is 365 Å². The Morgan fingerprint density at radius 3 is 1.34 bits per heavy atom. The van der Waals surface area contributed by atoms with Crippen LogP contribution in [0, 0.1) is 0 Å². The molecular weight excluding hydrogens is 731 g/mol. The first kappa shape index (κ1) is 56.6. The van der Waals surface area contributed by atoms with E-state index in [4.69, 9.17) is 4.74 Å². The second-order valence-corrected chi connectivity index (χ2v) is 16.8. The van der Waals surface area contributed by atoms with Gasteiger partial charge in [-0.15, -0.1) is 0 Å². The molecule has 0 aliphatic rings. The maximum absolute atomic E-state index is 12.3. The van der Waals surface area contributed by atoms with Gasteiger partial charge in [0.1, 0.15) is 0 Å². The van der Waals surface area contributed by atoms with Crippen LogP contribution < -0.4 is 5.32 Å². The van der Waals surface area contributed by atoms with Crippen molar-refractivity contribution in [3.05, 3.63) is 60.8 Å². The Morgan fingerprint density at radius 1 is 0.475 bits per heavy atom. The first-order chi connectivity index (χ1) is 29.0. The van der Waals surface area contributed by atoms with Crippen molar-refractivity contribution in [3.8, 4) is 0 Å². The molecule has 0 fully saturated rings. The molecule has 0 aromatic heterocycles. The van der Waals surface area contributed by atoms with E-state index in [2.05, 4.69) is 61.7 Å². The van der Waals surface area contributed by atoms with Gasteiger partial charge in [0.05, 0.1) is 25.4 Å². The van der Waals surface area contributed by atoms with E-state index in [0.29, 0.717) is 25.9 Å². The zero-order chi connectivity index (χ0) is 43.0. The average molecular weight is 826 g/mol. The molecule has 6 nitrogen and oxygen atoms in total. The van der Waals surface area contributed by atoms with Gasteiger partial charge in [-0.1, -0.05) is 203 Å². The summed E-state index contributed by atoms with van der Waals surface area (Å²) in [6, 6.07) is -0.672. The first-order valence-electron chi connectivity index (χ1n) is 25.1. The van der Waals surface area contributed by atoms with E-state index in [1.807, 2.05) is 12.2 Å². The lowest BCUT2D eigenvalue weighted by atomic mass is 10.1. The normalized spacial score (nSPS) is 13.2. The van der Waals surface area contributed by atoms with Crippen molar-refractivity contribution in [1.29, 1.82) is 0 Å². The van der Waals surface area contributed by atoms with Crippen molar-refractivity contribution in [2.24, 2.45) is 0 Å². The van der Waals surface area contributed by atoms with Crippen molar-refractivity contribution < 1.29 is 24.5 Å². The van der Waals surface area contributed by atoms with Gasteiger partial charge in [-0.25, -0.2) is 0 Å². The summed E-state index contributed by atoms with van der Waals surface area (Å²) < 4.78 is 5.45. The minimum absolute atomic E-state index is 0.0274. The van der Waals surface area contributed by atoms with Crippen LogP contribution in [0.2, 0.25) is 0 Å². The molecule has 6 heteroatoms. The molecule has 0 saturated carbocycles. The van der Waals surface area contributed by atoms with Crippen LogP contribution in [0.25, 0.3) is 0 Å². The maximum Gasteiger partial charge on any atom is 0.305 e. The number of aliphatic hydroxyl groups is 2. The lowest BCUT2D eigenvalue weighted by Gasteiger charge is -2.19. The maximum atomic E-state index is 12.3. The summed E-state index contributed by atoms with van der Waals surface area (Å²) >= 11 is 0. The highest BCUT2D eigenvalue weighted by Gasteiger charge is 2.17. The van der Waals surface area contributed by atoms with Gasteiger partial charge in [-0.3, -0.25) is 9.59 Å². The summed E-state index contributed by atoms with van der Waals surface area (Å²) in [5, 5.41) is 22.9. The monoisotopic (exact) mass is 826 g/mol. The van der Waals surface area contributed by atoms with Crippen LogP contribution in [0.15, 0.2) is 60.8 Å². The molecule has 0 saturated heterocycles. The van der Waals surface area contributed by atoms with Crippen LogP contribution in [0.4, 0.5) is 0 Å². The molecule has 2 atom stereocenters. The largest absolute Gasteiger partial charge is 0.466 e. The van der Waals surface area contributed by atoms with E-state index in [0.717, 1.165) is 57.8 Å². The standard InChI is InChI=1S/C53H95NO5/c1-3-5-7-9-11-13-15-16-17-18-19-20-23-27-31-35-39-43-47-53(58)59-48-44-40-36-32-28-24-21-22-26-30-34-38-42-46-52(57)54-50(49-55)51(56)45-41-37-33-29-25-14-12-10-8-6-4-2/h13,15,17-18,22,26,34,38,41,45,50-51,55-56H,3-12,14,16,19-21,23-25,27-33,35-37,39-40,42-44,46-49H2,1-2H3,(H,54,57)/b15-13-,18-17-,26-22-,38-34-,45-41+. The molecule has 59 heavy (non-hydrogen) atoms. The summed E-state index contributed by atoms with van der Waals surface area (Å²) in [6.45, 7) is 4.78. The molecule has 342 valence electrons. The minimum atomic E-state index is -0.879. The summed E-state index contributed by atoms with van der Waals surface area (Å²) in [7, 11) is 0. The van der Waals surface area contributed by atoms with E-state index >= 15 is 0 Å². The summed E-state index contributed by atoms with van der Waals surface area (Å²) in [4.78, 5) is 24.4. The number of amides is 1. The highest BCUT2D eigenvalue weighted by atomic mass is 16.5. The molecule has 0 aliphatic carbocycles. The number of allylic oxidation sites excluding steroid dienone is 9. The van der Waals surface area contributed by atoms with Crippen molar-refractivity contribution in [3.63, 3.8) is 0 Å². The van der Waals surface area contributed by atoms with E-state index in [1.165, 1.54) is 148 Å². The van der Waals surface area contributed by atoms with Gasteiger partial charge in [0.25, 0.3) is 0 Å². The number of esters is 1. The van der Waals surface area contributed by atoms with Crippen LogP contribution in [0.5, 0.6) is 0 Å². The van der Waals surface area contributed by atoms with Crippen LogP contribution in [0.1, 0.15) is 239 Å². The van der Waals surface area contributed by atoms with Gasteiger partial charge >= 0.3 is 5.97 Å². The summed E-state index contributed by atoms with van der Waals surface area (Å²) in [6.07, 6.45) is 60.9. The molecule has 0 aromatic carbocycles. The number of hydrogen-bond donors (Lipinski definition) is 3. The zero-order valence-electron chi connectivity index (χ0n) is 38.7. The van der Waals surface area contributed by atoms with E-state index in [9.17, 15) is 19.8 Å². The summed E-state index contributed by atoms with van der Waals surface area (Å²) in [5.41, 5.74) is 0. The van der Waals surface area contributed by atoms with Gasteiger partial charge < -0.3 is 20.3 Å². The molecule has 0 aliphatic heterocycles. The van der Waals surface area contributed by atoms with Crippen LogP contribution >= 0.6 is 0 Å². The number of ether oxygens (including phenoxy) is 1. The van der Waals surface area contributed by atoms with Gasteiger partial charge in [0, 0.05) is 12.8 Å². The minimum Gasteiger partial charge on any atom is -0.466 e. The highest BCUT2D eigenvalue weighted by molar-refractivity contribution is 5.76. The van der Waals surface area contributed by atoms with E-state index in [1.54, 1.807) is 6.08 Å². The fourth-order valence-electron chi connectivity index (χ4n) is 7.12. The number of aliphatic hydroxyl groups excluding tert-OH is 2. The Kier molecular flexibility index (Phi) is 46.2. The molecule has 2 unspecified atom stereocenters. The highest BCUT2D eigenvalue weighted by Crippen LogP contribution is 2.13. The Bertz CT molecular complexity index is 1050. The van der Waals surface area contributed by atoms with Crippen molar-refractivity contribution in [2.45, 2.75) is 251 Å². The van der Waals surface area contributed by atoms with Gasteiger partial charge in [0.15, 0.2) is 0 Å². The number of hydrogen-bond acceptors (Lipinski definition) is 5. The summed E-state index contributed by atoms with van der Waals surface area (Å²) in [5.74, 6) is -0.180. The molecule has 0 bridgehead atoms. The number of nitrogens with one attached hydrogen (secondary N) is 1. The van der Waals surface area contributed by atoms with Gasteiger partial charge in [-0.2, -0.15) is 0 Å². The van der Waals surface area contributed by atoms with Crippen molar-refractivity contribution in [2.75, 3.05) is 13.2 Å². The van der Waals surface area contributed by atoms with Crippen LogP contribution in [0.3, 0.4) is 0 Å². The quantitative estimate of drug-likeness (QED) is 0.0323. The average Bonchev–Trinajstić information content (AvgIpc) is 3.24. The number of unbranched alkanes of at least 4 members (excludes halogenated alkanes) is 26. The lowest BCUT2D eigenvalue weighted by molar-refractivity contribution is -0.143. The fraction of sp³-hybridized carbons (Fsp3) is 0.774. The SMILES string of the molecule is CCCCCC/C=C\C/C=C\CCCCCCCCCC(=O)OCCCCCCCC/C=C\C/C=C\CCC(=O)NC(CO)C(O)/C=C/CCCCCCCCCCC. The molecule has 0 heterocycles. The molecule has 1 amide bonds. The van der Waals surface area contributed by atoms with Gasteiger partial charge in [0.2, 0.25) is 5.91 Å². The molecule has 0 rings (SSSR count). The van der Waals surface area contributed by atoms with Crippen molar-refractivity contribution >= 4 is 11.9 Å². The smallest absolute Gasteiger partial charge is 0.305 e. The lowest BCUT2D eigenvalue weighted by Crippen LogP contribution is -2.45. The molecule has 0 aromatic rings. The molecule has 0 spiro atoms.